The van der Waals surface area contributed by atoms with Gasteiger partial charge in [0.25, 0.3) is 0 Å². The van der Waals surface area contributed by atoms with Crippen molar-refractivity contribution in [2.75, 3.05) is 0 Å². The van der Waals surface area contributed by atoms with E-state index in [9.17, 15) is 14.0 Å². The van der Waals surface area contributed by atoms with Gasteiger partial charge in [-0.05, 0) is 18.6 Å². The van der Waals surface area contributed by atoms with Crippen LogP contribution in [0.15, 0.2) is 12.1 Å². The molecule has 0 aromatic heterocycles. The molecule has 1 rings (SSSR count). The van der Waals surface area contributed by atoms with Gasteiger partial charge >= 0.3 is 5.97 Å². The molecule has 0 aliphatic heterocycles. The van der Waals surface area contributed by atoms with E-state index in [4.69, 9.17) is 5.11 Å². The molecule has 0 saturated carbocycles. The maximum atomic E-state index is 13.1. The van der Waals surface area contributed by atoms with Gasteiger partial charge in [0, 0.05) is 0 Å². The van der Waals surface area contributed by atoms with E-state index >= 15 is 0 Å². The second-order valence-electron chi connectivity index (χ2n) is 2.58. The average Bonchev–Trinajstić information content (AvgIpc) is 2.09. The van der Waals surface area contributed by atoms with Crippen LogP contribution in [-0.2, 0) is 0 Å². The van der Waals surface area contributed by atoms with Crippen molar-refractivity contribution in [3.8, 4) is 0 Å². The molecule has 0 saturated heterocycles. The number of benzene rings is 1. The fraction of sp³-hybridized carbons (Fsp3) is 0.111. The predicted molar refractivity (Wildman–Crippen MR) is 43.5 cm³/mol. The summed E-state index contributed by atoms with van der Waals surface area (Å²) in [5.41, 5.74) is -0.447. The van der Waals surface area contributed by atoms with Crippen molar-refractivity contribution in [2.45, 2.75) is 6.92 Å². The number of hydrogen-bond donors (Lipinski definition) is 1. The Morgan fingerprint density at radius 2 is 2.15 bits per heavy atom. The molecule has 68 valence electrons. The van der Waals surface area contributed by atoms with Crippen molar-refractivity contribution in [1.82, 2.24) is 0 Å². The lowest BCUT2D eigenvalue weighted by atomic mass is 10.0. The van der Waals surface area contributed by atoms with E-state index in [1.807, 2.05) is 0 Å². The first-order valence-corrected chi connectivity index (χ1v) is 3.55. The normalized spacial score (nSPS) is 9.69. The molecule has 0 amide bonds. The summed E-state index contributed by atoms with van der Waals surface area (Å²) in [4.78, 5) is 20.9. The summed E-state index contributed by atoms with van der Waals surface area (Å²) in [6.07, 6.45) is 0.214. The zero-order chi connectivity index (χ0) is 10.0. The number of carbonyl (C=O) groups excluding carboxylic acids is 1. The SMILES string of the molecule is Cc1ccc(C(=O)O)c(C=O)c1F. The number of carboxylic acid groups (broad SMARTS) is 1. The molecule has 0 fully saturated rings. The Labute approximate surface area is 73.8 Å². The summed E-state index contributed by atoms with van der Waals surface area (Å²) >= 11 is 0. The first-order chi connectivity index (χ1) is 6.07. The van der Waals surface area contributed by atoms with Crippen LogP contribution in [0.2, 0.25) is 0 Å². The van der Waals surface area contributed by atoms with Crippen LogP contribution in [0.1, 0.15) is 26.3 Å². The fourth-order valence-corrected chi connectivity index (χ4v) is 1.00. The largest absolute Gasteiger partial charge is 0.478 e. The fourth-order valence-electron chi connectivity index (χ4n) is 1.00. The molecule has 1 N–H and O–H groups in total. The zero-order valence-electron chi connectivity index (χ0n) is 6.87. The lowest BCUT2D eigenvalue weighted by molar-refractivity contribution is 0.0693. The van der Waals surface area contributed by atoms with Crippen LogP contribution in [0, 0.1) is 12.7 Å². The number of aryl methyl sites for hydroxylation is 1. The molecule has 0 spiro atoms. The average molecular weight is 182 g/mol. The Balaban J connectivity index is 3.47. The number of hydrogen-bond acceptors (Lipinski definition) is 2. The van der Waals surface area contributed by atoms with Crippen molar-refractivity contribution in [2.24, 2.45) is 0 Å². The van der Waals surface area contributed by atoms with Gasteiger partial charge in [-0.1, -0.05) is 6.07 Å². The third-order valence-corrected chi connectivity index (χ3v) is 1.72. The van der Waals surface area contributed by atoms with Crippen LogP contribution >= 0.6 is 0 Å². The molecule has 0 radical (unpaired) electrons. The van der Waals surface area contributed by atoms with E-state index in [1.54, 1.807) is 0 Å². The van der Waals surface area contributed by atoms with Crippen LogP contribution < -0.4 is 0 Å². The summed E-state index contributed by atoms with van der Waals surface area (Å²) < 4.78 is 13.1. The number of rotatable bonds is 2. The second-order valence-corrected chi connectivity index (χ2v) is 2.58. The summed E-state index contributed by atoms with van der Waals surface area (Å²) in [5, 5.41) is 8.59. The van der Waals surface area contributed by atoms with Crippen molar-refractivity contribution >= 4 is 12.3 Å². The third kappa shape index (κ3) is 1.56. The lowest BCUT2D eigenvalue weighted by Gasteiger charge is -2.02. The molecule has 1 aromatic rings. The minimum Gasteiger partial charge on any atom is -0.478 e. The van der Waals surface area contributed by atoms with Crippen LogP contribution in [0.3, 0.4) is 0 Å². The van der Waals surface area contributed by atoms with Gasteiger partial charge in [-0.15, -0.1) is 0 Å². The zero-order valence-corrected chi connectivity index (χ0v) is 6.87. The van der Waals surface area contributed by atoms with Gasteiger partial charge in [-0.25, -0.2) is 9.18 Å². The highest BCUT2D eigenvalue weighted by Crippen LogP contribution is 2.15. The first-order valence-electron chi connectivity index (χ1n) is 3.55. The van der Waals surface area contributed by atoms with Crippen molar-refractivity contribution in [3.63, 3.8) is 0 Å². The molecule has 0 atom stereocenters. The Kier molecular flexibility index (Phi) is 2.41. The Morgan fingerprint density at radius 1 is 1.54 bits per heavy atom. The second kappa shape index (κ2) is 3.35. The molecule has 0 aliphatic rings. The van der Waals surface area contributed by atoms with E-state index in [2.05, 4.69) is 0 Å². The van der Waals surface area contributed by atoms with Gasteiger partial charge in [0.05, 0.1) is 11.1 Å². The number of aromatic carboxylic acids is 1. The van der Waals surface area contributed by atoms with Gasteiger partial charge in [-0.3, -0.25) is 4.79 Å². The maximum absolute atomic E-state index is 13.1. The first kappa shape index (κ1) is 9.38. The molecule has 3 nitrogen and oxygen atoms in total. The molecule has 0 unspecified atom stereocenters. The van der Waals surface area contributed by atoms with E-state index in [0.717, 1.165) is 0 Å². The molecule has 0 bridgehead atoms. The highest BCUT2D eigenvalue weighted by molar-refractivity contribution is 5.97. The van der Waals surface area contributed by atoms with Crippen LogP contribution in [0.4, 0.5) is 4.39 Å². The van der Waals surface area contributed by atoms with Gasteiger partial charge in [0.2, 0.25) is 0 Å². The maximum Gasteiger partial charge on any atom is 0.336 e. The van der Waals surface area contributed by atoms with Crippen LogP contribution in [-0.4, -0.2) is 17.4 Å². The third-order valence-electron chi connectivity index (χ3n) is 1.72. The number of halogens is 1. The minimum absolute atomic E-state index is 0.214. The van der Waals surface area contributed by atoms with Crippen molar-refractivity contribution < 1.29 is 19.1 Å². The summed E-state index contributed by atoms with van der Waals surface area (Å²) in [6.45, 7) is 1.47. The van der Waals surface area contributed by atoms with E-state index in [-0.39, 0.29) is 17.4 Å². The summed E-state index contributed by atoms with van der Waals surface area (Å²) in [6, 6.07) is 2.54. The Morgan fingerprint density at radius 3 is 2.62 bits per heavy atom. The highest BCUT2D eigenvalue weighted by atomic mass is 19.1. The molecule has 0 aliphatic carbocycles. The van der Waals surface area contributed by atoms with E-state index in [0.29, 0.717) is 0 Å². The summed E-state index contributed by atoms with van der Waals surface area (Å²) in [7, 11) is 0. The molecular weight excluding hydrogens is 175 g/mol. The van der Waals surface area contributed by atoms with Crippen molar-refractivity contribution in [1.29, 1.82) is 0 Å². The Hall–Kier alpha value is -1.71. The molecule has 13 heavy (non-hydrogen) atoms. The highest BCUT2D eigenvalue weighted by Gasteiger charge is 2.14. The topological polar surface area (TPSA) is 54.4 Å². The standard InChI is InChI=1S/C9H7FO3/c1-5-2-3-6(9(12)13)7(4-11)8(5)10/h2-4H,1H3,(H,12,13). The number of aldehydes is 1. The lowest BCUT2D eigenvalue weighted by Crippen LogP contribution is -2.05. The quantitative estimate of drug-likeness (QED) is 0.707. The Bertz CT molecular complexity index is 371. The van der Waals surface area contributed by atoms with Crippen molar-refractivity contribution in [3.05, 3.63) is 34.6 Å². The summed E-state index contributed by atoms with van der Waals surface area (Å²) in [5.74, 6) is -2.07. The van der Waals surface area contributed by atoms with E-state index in [1.165, 1.54) is 19.1 Å². The number of carboxylic acids is 1. The van der Waals surface area contributed by atoms with Gasteiger partial charge < -0.3 is 5.11 Å². The molecule has 1 aromatic carbocycles. The molecular formula is C9H7FO3. The predicted octanol–water partition coefficient (Wildman–Crippen LogP) is 1.64. The number of carbonyl (C=O) groups is 2. The van der Waals surface area contributed by atoms with E-state index < -0.39 is 17.3 Å². The monoisotopic (exact) mass is 182 g/mol. The molecule has 4 heteroatoms. The van der Waals surface area contributed by atoms with Gasteiger partial charge in [-0.2, -0.15) is 0 Å². The van der Waals surface area contributed by atoms with Gasteiger partial charge in [0.15, 0.2) is 6.29 Å². The van der Waals surface area contributed by atoms with Crippen LogP contribution in [0.5, 0.6) is 0 Å². The minimum atomic E-state index is -1.30. The van der Waals surface area contributed by atoms with Crippen LogP contribution in [0.25, 0.3) is 0 Å². The van der Waals surface area contributed by atoms with Gasteiger partial charge in [0.1, 0.15) is 5.82 Å². The molecule has 0 heterocycles. The smallest absolute Gasteiger partial charge is 0.336 e.